The second kappa shape index (κ2) is 7.81. The Morgan fingerprint density at radius 1 is 1.29 bits per heavy atom. The first-order valence-corrected chi connectivity index (χ1v) is 8.35. The van der Waals surface area contributed by atoms with Crippen LogP contribution in [0.15, 0.2) is 24.3 Å². The van der Waals surface area contributed by atoms with E-state index >= 15 is 0 Å². The Labute approximate surface area is 129 Å². The van der Waals surface area contributed by atoms with E-state index in [2.05, 4.69) is 55.3 Å². The van der Waals surface area contributed by atoms with Gasteiger partial charge in [0.15, 0.2) is 0 Å². The van der Waals surface area contributed by atoms with E-state index in [1.54, 1.807) is 0 Å². The van der Waals surface area contributed by atoms with Gasteiger partial charge in [-0.15, -0.1) is 0 Å². The number of nitrogens with two attached hydrogens (primary N) is 1. The van der Waals surface area contributed by atoms with Crippen molar-refractivity contribution < 1.29 is 0 Å². The van der Waals surface area contributed by atoms with Crippen LogP contribution in [-0.2, 0) is 6.54 Å². The topological polar surface area (TPSA) is 41.3 Å². The molecule has 3 heteroatoms. The van der Waals surface area contributed by atoms with Crippen molar-refractivity contribution in [3.63, 3.8) is 0 Å². The van der Waals surface area contributed by atoms with Crippen LogP contribution in [0.25, 0.3) is 0 Å². The maximum Gasteiger partial charge on any atom is 0.0340 e. The molecular weight excluding hydrogens is 258 g/mol. The van der Waals surface area contributed by atoms with Crippen molar-refractivity contribution in [2.75, 3.05) is 25.0 Å². The van der Waals surface area contributed by atoms with E-state index < -0.39 is 0 Å². The zero-order valence-corrected chi connectivity index (χ0v) is 13.8. The highest BCUT2D eigenvalue weighted by molar-refractivity contribution is 5.44. The molecule has 3 nitrogen and oxygen atoms in total. The molecule has 1 heterocycles. The van der Waals surface area contributed by atoms with Crippen molar-refractivity contribution in [3.8, 4) is 0 Å². The fourth-order valence-electron chi connectivity index (χ4n) is 2.89. The Bertz CT molecular complexity index is 413. The summed E-state index contributed by atoms with van der Waals surface area (Å²) >= 11 is 0. The number of hydrogen-bond donors (Lipinski definition) is 2. The van der Waals surface area contributed by atoms with Crippen LogP contribution in [0.3, 0.4) is 0 Å². The Morgan fingerprint density at radius 2 is 2.00 bits per heavy atom. The number of piperidine rings is 1. The molecule has 1 aliphatic heterocycles. The third kappa shape index (κ3) is 5.33. The Morgan fingerprint density at radius 3 is 2.62 bits per heavy atom. The molecule has 1 saturated heterocycles. The van der Waals surface area contributed by atoms with E-state index in [-0.39, 0.29) is 6.04 Å². The maximum atomic E-state index is 6.06. The lowest BCUT2D eigenvalue weighted by atomic mass is 10.00. The normalized spacial score (nSPS) is 21.5. The average molecular weight is 289 g/mol. The van der Waals surface area contributed by atoms with Gasteiger partial charge in [-0.2, -0.15) is 0 Å². The summed E-state index contributed by atoms with van der Waals surface area (Å²) in [7, 11) is 0. The van der Waals surface area contributed by atoms with Crippen LogP contribution in [0.2, 0.25) is 0 Å². The number of benzene rings is 1. The molecule has 2 atom stereocenters. The van der Waals surface area contributed by atoms with Crippen molar-refractivity contribution in [1.82, 2.24) is 4.90 Å². The van der Waals surface area contributed by atoms with E-state index in [1.807, 2.05) is 0 Å². The average Bonchev–Trinajstić information content (AvgIpc) is 2.46. The van der Waals surface area contributed by atoms with Crippen LogP contribution in [0.1, 0.15) is 39.2 Å². The molecule has 1 aromatic carbocycles. The lowest BCUT2D eigenvalue weighted by Gasteiger charge is -2.30. The van der Waals surface area contributed by atoms with Crippen molar-refractivity contribution in [2.24, 2.45) is 17.6 Å². The van der Waals surface area contributed by atoms with Crippen LogP contribution >= 0.6 is 0 Å². The summed E-state index contributed by atoms with van der Waals surface area (Å²) in [5.74, 6) is 1.36. The Hall–Kier alpha value is -1.06. The minimum Gasteiger partial charge on any atom is -0.383 e. The summed E-state index contributed by atoms with van der Waals surface area (Å²) < 4.78 is 0. The quantitative estimate of drug-likeness (QED) is 0.844. The van der Waals surface area contributed by atoms with Crippen LogP contribution in [0, 0.1) is 11.8 Å². The molecule has 0 amide bonds. The van der Waals surface area contributed by atoms with E-state index in [4.69, 9.17) is 5.73 Å². The van der Waals surface area contributed by atoms with Gasteiger partial charge in [0.1, 0.15) is 0 Å². The van der Waals surface area contributed by atoms with Gasteiger partial charge in [-0.05, 0) is 48.9 Å². The molecule has 2 unspecified atom stereocenters. The highest BCUT2D eigenvalue weighted by Gasteiger charge is 2.16. The number of nitrogens with zero attached hydrogens (tertiary/aromatic N) is 1. The van der Waals surface area contributed by atoms with Crippen molar-refractivity contribution in [3.05, 3.63) is 29.8 Å². The number of likely N-dealkylation sites (tertiary alicyclic amines) is 1. The molecule has 2 rings (SSSR count). The highest BCUT2D eigenvalue weighted by Crippen LogP contribution is 2.18. The SMILES string of the molecule is CC1CCCN(Cc2ccc(NCC(N)C(C)C)cc2)C1. The zero-order chi connectivity index (χ0) is 15.2. The zero-order valence-electron chi connectivity index (χ0n) is 13.8. The molecule has 0 saturated carbocycles. The number of anilines is 1. The van der Waals surface area contributed by atoms with Gasteiger partial charge in [-0.1, -0.05) is 32.9 Å². The molecule has 1 fully saturated rings. The first kappa shape index (κ1) is 16.3. The van der Waals surface area contributed by atoms with Gasteiger partial charge in [-0.25, -0.2) is 0 Å². The summed E-state index contributed by atoms with van der Waals surface area (Å²) in [4.78, 5) is 2.57. The predicted octanol–water partition coefficient (Wildman–Crippen LogP) is 3.31. The van der Waals surface area contributed by atoms with Gasteiger partial charge in [-0.3, -0.25) is 4.90 Å². The summed E-state index contributed by atoms with van der Waals surface area (Å²) in [5.41, 5.74) is 8.64. The first-order chi connectivity index (χ1) is 10.0. The molecule has 0 radical (unpaired) electrons. The van der Waals surface area contributed by atoms with Crippen LogP contribution in [0.4, 0.5) is 5.69 Å². The predicted molar refractivity (Wildman–Crippen MR) is 91.4 cm³/mol. The number of nitrogens with one attached hydrogen (secondary N) is 1. The molecule has 118 valence electrons. The van der Waals surface area contributed by atoms with Crippen LogP contribution < -0.4 is 11.1 Å². The third-order valence-corrected chi connectivity index (χ3v) is 4.50. The summed E-state index contributed by atoms with van der Waals surface area (Å²) in [6.07, 6.45) is 2.73. The smallest absolute Gasteiger partial charge is 0.0340 e. The van der Waals surface area contributed by atoms with Gasteiger partial charge in [0.2, 0.25) is 0 Å². The van der Waals surface area contributed by atoms with E-state index in [0.717, 1.165) is 19.0 Å². The highest BCUT2D eigenvalue weighted by atomic mass is 15.1. The van der Waals surface area contributed by atoms with Crippen molar-refractivity contribution >= 4 is 5.69 Å². The van der Waals surface area contributed by atoms with Gasteiger partial charge in [0.25, 0.3) is 0 Å². The summed E-state index contributed by atoms with van der Waals surface area (Å²) in [5, 5.41) is 3.43. The second-order valence-electron chi connectivity index (χ2n) is 6.97. The van der Waals surface area contributed by atoms with Gasteiger partial charge in [0.05, 0.1) is 0 Å². The van der Waals surface area contributed by atoms with Crippen molar-refractivity contribution in [1.29, 1.82) is 0 Å². The fraction of sp³-hybridized carbons (Fsp3) is 0.667. The lowest BCUT2D eigenvalue weighted by Crippen LogP contribution is -2.34. The summed E-state index contributed by atoms with van der Waals surface area (Å²) in [6.45, 7) is 11.1. The molecule has 3 N–H and O–H groups in total. The molecule has 0 bridgehead atoms. The first-order valence-electron chi connectivity index (χ1n) is 8.35. The molecule has 1 aromatic rings. The molecule has 1 aliphatic rings. The monoisotopic (exact) mass is 289 g/mol. The van der Waals surface area contributed by atoms with E-state index in [9.17, 15) is 0 Å². The third-order valence-electron chi connectivity index (χ3n) is 4.50. The Balaban J connectivity index is 1.81. The van der Waals surface area contributed by atoms with Gasteiger partial charge in [0, 0.05) is 31.4 Å². The second-order valence-corrected chi connectivity index (χ2v) is 6.97. The molecule has 0 aliphatic carbocycles. The largest absolute Gasteiger partial charge is 0.383 e. The molecule has 0 aromatic heterocycles. The molecule has 0 spiro atoms. The van der Waals surface area contributed by atoms with Gasteiger partial charge < -0.3 is 11.1 Å². The number of hydrogen-bond acceptors (Lipinski definition) is 3. The Kier molecular flexibility index (Phi) is 6.07. The van der Waals surface area contributed by atoms with Crippen LogP contribution in [0.5, 0.6) is 0 Å². The minimum absolute atomic E-state index is 0.208. The summed E-state index contributed by atoms with van der Waals surface area (Å²) in [6, 6.07) is 9.04. The molecular formula is C18H31N3. The minimum atomic E-state index is 0.208. The van der Waals surface area contributed by atoms with Crippen LogP contribution in [-0.4, -0.2) is 30.6 Å². The number of rotatable bonds is 6. The van der Waals surface area contributed by atoms with Gasteiger partial charge >= 0.3 is 0 Å². The maximum absolute atomic E-state index is 6.06. The van der Waals surface area contributed by atoms with Crippen molar-refractivity contribution in [2.45, 2.75) is 46.2 Å². The lowest BCUT2D eigenvalue weighted by molar-refractivity contribution is 0.176. The molecule has 21 heavy (non-hydrogen) atoms. The van der Waals surface area contributed by atoms with E-state index in [1.165, 1.54) is 37.2 Å². The fourth-order valence-corrected chi connectivity index (χ4v) is 2.89. The van der Waals surface area contributed by atoms with E-state index in [0.29, 0.717) is 5.92 Å². The standard InChI is InChI=1S/C18H31N3/c1-14(2)18(19)11-20-17-8-6-16(7-9-17)13-21-10-4-5-15(3)12-21/h6-9,14-15,18,20H,4-5,10-13,19H2,1-3H3.